The fourth-order valence-corrected chi connectivity index (χ4v) is 4.14. The summed E-state index contributed by atoms with van der Waals surface area (Å²) in [5.74, 6) is -3.22. The van der Waals surface area contributed by atoms with Gasteiger partial charge in [-0.1, -0.05) is 0 Å². The van der Waals surface area contributed by atoms with Crippen molar-refractivity contribution in [3.8, 4) is 0 Å². The van der Waals surface area contributed by atoms with Crippen LogP contribution < -0.4 is 0 Å². The van der Waals surface area contributed by atoms with Gasteiger partial charge in [-0.15, -0.1) is 0 Å². The molecule has 1 atom stereocenters. The van der Waals surface area contributed by atoms with E-state index in [4.69, 9.17) is 0 Å². The van der Waals surface area contributed by atoms with Crippen molar-refractivity contribution >= 4 is 17.9 Å². The molecule has 0 bridgehead atoms. The zero-order chi connectivity index (χ0) is 26.9. The predicted octanol–water partition coefficient (Wildman–Crippen LogP) is -2.60. The van der Waals surface area contributed by atoms with Crippen molar-refractivity contribution < 1.29 is 45.0 Å². The van der Waals surface area contributed by atoms with Gasteiger partial charge in [0.25, 0.3) is 0 Å². The lowest BCUT2D eigenvalue weighted by Gasteiger charge is -2.31. The summed E-state index contributed by atoms with van der Waals surface area (Å²) >= 11 is 0. The van der Waals surface area contributed by atoms with E-state index in [1.54, 1.807) is 24.5 Å². The molecule has 1 aliphatic rings. The van der Waals surface area contributed by atoms with Crippen molar-refractivity contribution in [2.75, 3.05) is 98.7 Å². The zero-order valence-electron chi connectivity index (χ0n) is 20.9. The van der Waals surface area contributed by atoms with E-state index in [2.05, 4.69) is 0 Å². The van der Waals surface area contributed by atoms with Gasteiger partial charge in [0.15, 0.2) is 0 Å². The number of hydrogen-bond acceptors (Lipinski definition) is 11. The molecule has 1 unspecified atom stereocenters. The molecule has 1 saturated heterocycles. The molecule has 0 aromatic rings. The van der Waals surface area contributed by atoms with Crippen LogP contribution in [0.2, 0.25) is 0 Å². The summed E-state index contributed by atoms with van der Waals surface area (Å²) in [6.45, 7) is 2.74. The second-order valence-electron chi connectivity index (χ2n) is 9.16. The van der Waals surface area contributed by atoms with E-state index in [1.807, 2.05) is 0 Å². The van der Waals surface area contributed by atoms with Crippen LogP contribution in [0.3, 0.4) is 0 Å². The Hall–Kier alpha value is -1.91. The summed E-state index contributed by atoms with van der Waals surface area (Å²) in [6.07, 6.45) is 0.861. The Morgan fingerprint density at radius 3 is 1.14 bits per heavy atom. The number of aliphatic carboxylic acids is 3. The van der Waals surface area contributed by atoms with Gasteiger partial charge < -0.3 is 30.6 Å². The smallest absolute Gasteiger partial charge is 0.317 e. The molecule has 0 saturated carbocycles. The summed E-state index contributed by atoms with van der Waals surface area (Å²) in [6, 6.07) is 0. The number of nitrogens with zero attached hydrogens (tertiary/aromatic N) is 5. The molecule has 6 N–H and O–H groups in total. The van der Waals surface area contributed by atoms with Crippen LogP contribution in [0.1, 0.15) is 19.3 Å². The number of aliphatic hydroxyl groups is 3. The van der Waals surface area contributed by atoms with Crippen molar-refractivity contribution in [2.24, 2.45) is 5.92 Å². The summed E-state index contributed by atoms with van der Waals surface area (Å²) in [7, 11) is 0. The molecule has 36 heavy (non-hydrogen) atoms. The Labute approximate surface area is 211 Å². The molecule has 0 amide bonds. The Kier molecular flexibility index (Phi) is 16.4. The Morgan fingerprint density at radius 2 is 0.806 bits per heavy atom. The average Bonchev–Trinajstić information content (AvgIpc) is 2.81. The maximum absolute atomic E-state index is 11.4. The quantitative estimate of drug-likeness (QED) is 0.185. The molecule has 210 valence electrons. The van der Waals surface area contributed by atoms with Crippen molar-refractivity contribution in [2.45, 2.75) is 19.3 Å². The van der Waals surface area contributed by atoms with Crippen LogP contribution in [0, 0.1) is 5.92 Å². The van der Waals surface area contributed by atoms with Gasteiger partial charge in [0.05, 0.1) is 33.3 Å². The van der Waals surface area contributed by atoms with Crippen molar-refractivity contribution in [1.29, 1.82) is 0 Å². The van der Waals surface area contributed by atoms with Crippen LogP contribution in [0.5, 0.6) is 0 Å². The van der Waals surface area contributed by atoms with Gasteiger partial charge in [-0.2, -0.15) is 0 Å². The number of rotatable bonds is 9. The average molecular weight is 522 g/mol. The highest BCUT2D eigenvalue weighted by atomic mass is 16.4. The third-order valence-electron chi connectivity index (χ3n) is 6.42. The third-order valence-corrected chi connectivity index (χ3v) is 6.42. The van der Waals surface area contributed by atoms with Gasteiger partial charge in [0, 0.05) is 65.3 Å². The van der Waals surface area contributed by atoms with E-state index in [0.717, 1.165) is 0 Å². The summed E-state index contributed by atoms with van der Waals surface area (Å²) < 4.78 is 0. The van der Waals surface area contributed by atoms with Crippen LogP contribution in [-0.4, -0.2) is 172 Å². The molecule has 1 fully saturated rings. The summed E-state index contributed by atoms with van der Waals surface area (Å²) in [5, 5.41) is 57.2. The van der Waals surface area contributed by atoms with Crippen LogP contribution in [0.25, 0.3) is 0 Å². The maximum Gasteiger partial charge on any atom is 0.317 e. The first kappa shape index (κ1) is 32.1. The van der Waals surface area contributed by atoms with Gasteiger partial charge >= 0.3 is 17.9 Å². The third kappa shape index (κ3) is 14.6. The number of hydrogen-bond donors (Lipinski definition) is 6. The number of aliphatic hydroxyl groups excluding tert-OH is 3. The number of carboxylic acids is 3. The lowest BCUT2D eigenvalue weighted by Crippen LogP contribution is -2.45. The van der Waals surface area contributed by atoms with Gasteiger partial charge in [-0.3, -0.25) is 38.9 Å². The van der Waals surface area contributed by atoms with Crippen molar-refractivity contribution in [3.05, 3.63) is 0 Å². The fourth-order valence-electron chi connectivity index (χ4n) is 4.14. The van der Waals surface area contributed by atoms with Gasteiger partial charge in [-0.05, 0) is 25.3 Å². The summed E-state index contributed by atoms with van der Waals surface area (Å²) in [5.41, 5.74) is 0. The van der Waals surface area contributed by atoms with Gasteiger partial charge in [0.2, 0.25) is 0 Å². The van der Waals surface area contributed by atoms with Crippen LogP contribution in [0.4, 0.5) is 0 Å². The highest BCUT2D eigenvalue weighted by Crippen LogP contribution is 2.16. The van der Waals surface area contributed by atoms with Crippen molar-refractivity contribution in [3.63, 3.8) is 0 Å². The molecule has 1 rings (SSSR count). The second-order valence-corrected chi connectivity index (χ2v) is 9.16. The number of carbonyl (C=O) groups is 3. The molecule has 14 nitrogen and oxygen atoms in total. The Bertz CT molecular complexity index is 613. The van der Waals surface area contributed by atoms with E-state index in [9.17, 15) is 45.0 Å². The molecule has 0 aliphatic carbocycles. The van der Waals surface area contributed by atoms with E-state index >= 15 is 0 Å². The minimum Gasteiger partial charge on any atom is -0.481 e. The summed E-state index contributed by atoms with van der Waals surface area (Å²) in [4.78, 5) is 42.8. The van der Waals surface area contributed by atoms with E-state index < -0.39 is 17.9 Å². The van der Waals surface area contributed by atoms with E-state index in [1.165, 1.54) is 0 Å². The number of carboxylic acid groups (broad SMARTS) is 3. The minimum absolute atomic E-state index is 0.0783. The molecule has 1 heterocycles. The van der Waals surface area contributed by atoms with Gasteiger partial charge in [-0.25, -0.2) is 0 Å². The normalized spacial score (nSPS) is 22.6. The Morgan fingerprint density at radius 1 is 0.500 bits per heavy atom. The predicted molar refractivity (Wildman–Crippen MR) is 129 cm³/mol. The molecule has 0 aromatic carbocycles. The monoisotopic (exact) mass is 521 g/mol. The second kappa shape index (κ2) is 18.4. The molecule has 1 aliphatic heterocycles. The topological polar surface area (TPSA) is 189 Å². The van der Waals surface area contributed by atoms with Crippen LogP contribution in [0.15, 0.2) is 0 Å². The highest BCUT2D eigenvalue weighted by molar-refractivity contribution is 5.69. The molecular formula is C22H43N5O9. The van der Waals surface area contributed by atoms with Gasteiger partial charge in [0.1, 0.15) is 0 Å². The maximum atomic E-state index is 11.4. The standard InChI is InChI=1S/C22H43N5O9/c28-16-25-4-2-19(13-20(31)32)1-3-23(14-21(33)34)5-6-24(15-22(35)36)7-8-26(17-29)11-12-27(18-30)10-9-25/h19,28-30H,1-18H2,(H,31,32)(H,33,34)(H,35,36). The first-order valence-electron chi connectivity index (χ1n) is 12.3. The highest BCUT2D eigenvalue weighted by Gasteiger charge is 2.20. The van der Waals surface area contributed by atoms with E-state index in [-0.39, 0.29) is 45.6 Å². The first-order valence-corrected chi connectivity index (χ1v) is 12.3. The SMILES string of the molecule is O=C(O)CC1CCN(CO)CCN(CO)CCN(CO)CCN(CC(=O)O)CCN(CC(=O)O)CC1. The van der Waals surface area contributed by atoms with Crippen molar-refractivity contribution in [1.82, 2.24) is 24.5 Å². The lowest BCUT2D eigenvalue weighted by molar-refractivity contribution is -0.140. The molecule has 0 spiro atoms. The van der Waals surface area contributed by atoms with Crippen LogP contribution in [-0.2, 0) is 14.4 Å². The largest absolute Gasteiger partial charge is 0.481 e. The minimum atomic E-state index is -1.02. The zero-order valence-corrected chi connectivity index (χ0v) is 20.9. The van der Waals surface area contributed by atoms with Crippen LogP contribution >= 0.6 is 0 Å². The molecule has 0 radical (unpaired) electrons. The van der Waals surface area contributed by atoms with E-state index in [0.29, 0.717) is 78.3 Å². The fraction of sp³-hybridized carbons (Fsp3) is 0.864. The molecule has 14 heteroatoms. The lowest BCUT2D eigenvalue weighted by atomic mass is 9.97. The molecular weight excluding hydrogens is 478 g/mol. The molecule has 0 aromatic heterocycles. The first-order chi connectivity index (χ1) is 17.2. The Balaban J connectivity index is 3.04.